The first-order valence-electron chi connectivity index (χ1n) is 6.50. The molecule has 0 radical (unpaired) electrons. The SMILES string of the molecule is Cc1ccccc1NC(N)=NCCC1CCCO1. The molecular weight excluding hydrogens is 226 g/mol. The number of nitrogens with zero attached hydrogens (tertiary/aromatic N) is 1. The van der Waals surface area contributed by atoms with Crippen LogP contribution in [0.4, 0.5) is 5.69 Å². The first-order valence-corrected chi connectivity index (χ1v) is 6.50. The van der Waals surface area contributed by atoms with Crippen molar-refractivity contribution in [2.75, 3.05) is 18.5 Å². The number of hydrogen-bond acceptors (Lipinski definition) is 2. The van der Waals surface area contributed by atoms with Gasteiger partial charge in [0, 0.05) is 18.8 Å². The Hall–Kier alpha value is -1.55. The zero-order valence-corrected chi connectivity index (χ0v) is 10.9. The van der Waals surface area contributed by atoms with E-state index in [1.54, 1.807) is 0 Å². The minimum absolute atomic E-state index is 0.375. The van der Waals surface area contributed by atoms with Gasteiger partial charge in [0.15, 0.2) is 5.96 Å². The number of guanidine groups is 1. The highest BCUT2D eigenvalue weighted by Gasteiger charge is 2.14. The fourth-order valence-electron chi connectivity index (χ4n) is 2.09. The lowest BCUT2D eigenvalue weighted by atomic mass is 10.2. The van der Waals surface area contributed by atoms with E-state index in [-0.39, 0.29) is 0 Å². The number of benzene rings is 1. The third-order valence-electron chi connectivity index (χ3n) is 3.17. The van der Waals surface area contributed by atoms with Crippen molar-refractivity contribution in [2.45, 2.75) is 32.3 Å². The Balaban J connectivity index is 1.80. The van der Waals surface area contributed by atoms with Gasteiger partial charge in [-0.1, -0.05) is 18.2 Å². The van der Waals surface area contributed by atoms with E-state index < -0.39 is 0 Å². The molecule has 98 valence electrons. The van der Waals surface area contributed by atoms with Crippen LogP contribution < -0.4 is 11.1 Å². The lowest BCUT2D eigenvalue weighted by Crippen LogP contribution is -2.23. The summed E-state index contributed by atoms with van der Waals surface area (Å²) in [5.74, 6) is 0.474. The molecular formula is C14H21N3O. The number of para-hydroxylation sites is 1. The van der Waals surface area contributed by atoms with Crippen LogP contribution in [0.15, 0.2) is 29.3 Å². The highest BCUT2D eigenvalue weighted by Crippen LogP contribution is 2.15. The number of aliphatic imine (C=N–C) groups is 1. The Labute approximate surface area is 108 Å². The number of nitrogens with one attached hydrogen (secondary N) is 1. The maximum atomic E-state index is 5.86. The molecule has 4 heteroatoms. The summed E-state index contributed by atoms with van der Waals surface area (Å²) in [5, 5.41) is 3.12. The zero-order chi connectivity index (χ0) is 12.8. The normalized spacial score (nSPS) is 20.1. The van der Waals surface area contributed by atoms with Crippen LogP contribution in [0.3, 0.4) is 0 Å². The van der Waals surface area contributed by atoms with E-state index in [2.05, 4.69) is 10.3 Å². The fourth-order valence-corrected chi connectivity index (χ4v) is 2.09. The Morgan fingerprint density at radius 1 is 1.50 bits per heavy atom. The molecule has 3 N–H and O–H groups in total. The smallest absolute Gasteiger partial charge is 0.193 e. The van der Waals surface area contributed by atoms with Gasteiger partial charge in [0.2, 0.25) is 0 Å². The number of rotatable bonds is 4. The van der Waals surface area contributed by atoms with Crippen LogP contribution in [0.25, 0.3) is 0 Å². The van der Waals surface area contributed by atoms with Gasteiger partial charge in [-0.3, -0.25) is 4.99 Å². The summed E-state index contributed by atoms with van der Waals surface area (Å²) in [6, 6.07) is 8.03. The van der Waals surface area contributed by atoms with Gasteiger partial charge in [0.25, 0.3) is 0 Å². The lowest BCUT2D eigenvalue weighted by Gasteiger charge is -2.09. The lowest BCUT2D eigenvalue weighted by molar-refractivity contribution is 0.106. The standard InChI is InChI=1S/C14H21N3O/c1-11-5-2-3-7-13(11)17-14(15)16-9-8-12-6-4-10-18-12/h2-3,5,7,12H,4,6,8-10H2,1H3,(H3,15,16,17). The van der Waals surface area contributed by atoms with Crippen LogP contribution in [-0.4, -0.2) is 25.2 Å². The maximum absolute atomic E-state index is 5.86. The average Bonchev–Trinajstić information content (AvgIpc) is 2.85. The summed E-state index contributed by atoms with van der Waals surface area (Å²) < 4.78 is 5.54. The van der Waals surface area contributed by atoms with Crippen LogP contribution in [0.5, 0.6) is 0 Å². The number of hydrogen-bond donors (Lipinski definition) is 2. The van der Waals surface area contributed by atoms with Gasteiger partial charge in [0.05, 0.1) is 6.10 Å². The van der Waals surface area contributed by atoms with E-state index in [1.165, 1.54) is 6.42 Å². The molecule has 4 nitrogen and oxygen atoms in total. The van der Waals surface area contributed by atoms with Gasteiger partial charge in [-0.25, -0.2) is 0 Å². The minimum atomic E-state index is 0.375. The van der Waals surface area contributed by atoms with Gasteiger partial charge in [-0.05, 0) is 37.8 Å². The van der Waals surface area contributed by atoms with E-state index >= 15 is 0 Å². The van der Waals surface area contributed by atoms with Gasteiger partial charge in [-0.15, -0.1) is 0 Å². The largest absolute Gasteiger partial charge is 0.378 e. The third kappa shape index (κ3) is 3.74. The molecule has 2 rings (SSSR count). The molecule has 1 aliphatic rings. The van der Waals surface area contributed by atoms with E-state index in [0.717, 1.165) is 37.2 Å². The highest BCUT2D eigenvalue weighted by atomic mass is 16.5. The molecule has 0 aromatic heterocycles. The van der Waals surface area contributed by atoms with Gasteiger partial charge in [0.1, 0.15) is 0 Å². The Kier molecular flexibility index (Phi) is 4.59. The molecule has 1 fully saturated rings. The van der Waals surface area contributed by atoms with Crippen molar-refractivity contribution in [3.05, 3.63) is 29.8 Å². The molecule has 1 heterocycles. The van der Waals surface area contributed by atoms with Crippen molar-refractivity contribution < 1.29 is 4.74 Å². The van der Waals surface area contributed by atoms with E-state index in [0.29, 0.717) is 12.1 Å². The molecule has 0 bridgehead atoms. The van der Waals surface area contributed by atoms with Crippen LogP contribution in [0.2, 0.25) is 0 Å². The molecule has 0 saturated carbocycles. The second-order valence-electron chi connectivity index (χ2n) is 4.63. The number of nitrogens with two attached hydrogens (primary N) is 1. The van der Waals surface area contributed by atoms with Crippen LogP contribution >= 0.6 is 0 Å². The molecule has 0 aliphatic carbocycles. The van der Waals surface area contributed by atoms with Gasteiger partial charge < -0.3 is 15.8 Å². The summed E-state index contributed by atoms with van der Waals surface area (Å²) >= 11 is 0. The number of aryl methyl sites for hydroxylation is 1. The van der Waals surface area contributed by atoms with Crippen molar-refractivity contribution >= 4 is 11.6 Å². The minimum Gasteiger partial charge on any atom is -0.378 e. The van der Waals surface area contributed by atoms with Gasteiger partial charge >= 0.3 is 0 Å². The zero-order valence-electron chi connectivity index (χ0n) is 10.9. The summed E-state index contributed by atoms with van der Waals surface area (Å²) in [6.45, 7) is 3.66. The summed E-state index contributed by atoms with van der Waals surface area (Å²) in [7, 11) is 0. The molecule has 1 aliphatic heterocycles. The monoisotopic (exact) mass is 247 g/mol. The fraction of sp³-hybridized carbons (Fsp3) is 0.500. The second-order valence-corrected chi connectivity index (χ2v) is 4.63. The summed E-state index contributed by atoms with van der Waals surface area (Å²) in [5.41, 5.74) is 8.03. The van der Waals surface area contributed by atoms with Crippen molar-refractivity contribution in [1.82, 2.24) is 0 Å². The van der Waals surface area contributed by atoms with Crippen molar-refractivity contribution in [3.8, 4) is 0 Å². The highest BCUT2D eigenvalue weighted by molar-refractivity contribution is 5.92. The Morgan fingerprint density at radius 2 is 2.33 bits per heavy atom. The molecule has 1 unspecified atom stereocenters. The number of ether oxygens (including phenoxy) is 1. The van der Waals surface area contributed by atoms with Crippen molar-refractivity contribution in [3.63, 3.8) is 0 Å². The molecule has 0 spiro atoms. The average molecular weight is 247 g/mol. The second kappa shape index (κ2) is 6.40. The van der Waals surface area contributed by atoms with E-state index in [4.69, 9.17) is 10.5 Å². The molecule has 1 aromatic rings. The molecule has 1 aromatic carbocycles. The van der Waals surface area contributed by atoms with E-state index in [1.807, 2.05) is 31.2 Å². The summed E-state index contributed by atoms with van der Waals surface area (Å²) in [6.07, 6.45) is 3.65. The van der Waals surface area contributed by atoms with Crippen LogP contribution in [0, 0.1) is 6.92 Å². The summed E-state index contributed by atoms with van der Waals surface area (Å²) in [4.78, 5) is 4.33. The topological polar surface area (TPSA) is 59.6 Å². The van der Waals surface area contributed by atoms with Crippen LogP contribution in [0.1, 0.15) is 24.8 Å². The predicted octanol–water partition coefficient (Wildman–Crippen LogP) is 2.29. The number of anilines is 1. The molecule has 0 amide bonds. The molecule has 18 heavy (non-hydrogen) atoms. The quantitative estimate of drug-likeness (QED) is 0.634. The van der Waals surface area contributed by atoms with Crippen molar-refractivity contribution in [2.24, 2.45) is 10.7 Å². The Morgan fingerprint density at radius 3 is 3.06 bits per heavy atom. The molecule has 1 saturated heterocycles. The van der Waals surface area contributed by atoms with Crippen LogP contribution in [-0.2, 0) is 4.74 Å². The first kappa shape index (κ1) is 12.9. The van der Waals surface area contributed by atoms with Gasteiger partial charge in [-0.2, -0.15) is 0 Å². The Bertz CT molecular complexity index is 411. The van der Waals surface area contributed by atoms with E-state index in [9.17, 15) is 0 Å². The predicted molar refractivity (Wildman–Crippen MR) is 74.9 cm³/mol. The van der Waals surface area contributed by atoms with Crippen molar-refractivity contribution in [1.29, 1.82) is 0 Å². The maximum Gasteiger partial charge on any atom is 0.193 e. The third-order valence-corrected chi connectivity index (χ3v) is 3.17. The molecule has 1 atom stereocenters. The first-order chi connectivity index (χ1) is 8.75.